The van der Waals surface area contributed by atoms with E-state index in [1.165, 1.54) is 6.20 Å². The normalized spacial score (nSPS) is 22.5. The van der Waals surface area contributed by atoms with Crippen molar-refractivity contribution in [2.24, 2.45) is 5.92 Å². The van der Waals surface area contributed by atoms with Crippen LogP contribution in [0.15, 0.2) is 17.3 Å². The highest BCUT2D eigenvalue weighted by atomic mass is 32.2. The van der Waals surface area contributed by atoms with Crippen LogP contribution in [0.4, 0.5) is 0 Å². The van der Waals surface area contributed by atoms with E-state index in [0.29, 0.717) is 12.0 Å². The molecule has 120 valence electrons. The Morgan fingerprint density at radius 3 is 2.76 bits per heavy atom. The van der Waals surface area contributed by atoms with Crippen molar-refractivity contribution in [3.05, 3.63) is 12.4 Å². The van der Waals surface area contributed by atoms with Crippen molar-refractivity contribution >= 4 is 10.0 Å². The first-order valence-corrected chi connectivity index (χ1v) is 9.13. The molecule has 0 spiro atoms. The average molecular weight is 314 g/mol. The summed E-state index contributed by atoms with van der Waals surface area (Å²) in [5.41, 5.74) is 0. The van der Waals surface area contributed by atoms with Crippen molar-refractivity contribution in [2.75, 3.05) is 6.54 Å². The predicted molar refractivity (Wildman–Crippen MR) is 82.5 cm³/mol. The molecule has 0 aliphatic heterocycles. The second kappa shape index (κ2) is 6.89. The van der Waals surface area contributed by atoms with Crippen LogP contribution in [-0.2, 0) is 16.6 Å². The lowest BCUT2D eigenvalue weighted by molar-refractivity contribution is 0.270. The molecule has 0 saturated heterocycles. The third kappa shape index (κ3) is 4.79. The molecule has 1 aromatic rings. The van der Waals surface area contributed by atoms with Gasteiger partial charge in [0.15, 0.2) is 0 Å². The molecule has 2 rings (SSSR count). The van der Waals surface area contributed by atoms with Crippen LogP contribution >= 0.6 is 0 Å². The third-order valence-corrected chi connectivity index (χ3v) is 5.21. The molecule has 2 N–H and O–H groups in total. The number of nitrogens with one attached hydrogen (secondary N) is 2. The van der Waals surface area contributed by atoms with Crippen molar-refractivity contribution in [3.63, 3.8) is 0 Å². The minimum absolute atomic E-state index is 0.0867. The lowest BCUT2D eigenvalue weighted by atomic mass is 9.83. The van der Waals surface area contributed by atoms with Gasteiger partial charge in [0.05, 0.1) is 6.20 Å². The topological polar surface area (TPSA) is 76.0 Å². The summed E-state index contributed by atoms with van der Waals surface area (Å²) in [5, 5.41) is 7.46. The van der Waals surface area contributed by atoms with Crippen LogP contribution < -0.4 is 10.0 Å². The SMILES string of the molecule is CC1CC(NS(=O)(=O)c2cnn(CCCNC(C)C)c2)C1. The van der Waals surface area contributed by atoms with Gasteiger partial charge in [0.25, 0.3) is 0 Å². The van der Waals surface area contributed by atoms with E-state index in [1.807, 2.05) is 0 Å². The highest BCUT2D eigenvalue weighted by Gasteiger charge is 2.30. The lowest BCUT2D eigenvalue weighted by Crippen LogP contribution is -2.43. The van der Waals surface area contributed by atoms with E-state index in [-0.39, 0.29) is 10.9 Å². The number of rotatable bonds is 8. The average Bonchev–Trinajstić information content (AvgIpc) is 2.82. The summed E-state index contributed by atoms with van der Waals surface area (Å²) in [6, 6.07) is 0.552. The van der Waals surface area contributed by atoms with E-state index in [0.717, 1.165) is 32.4 Å². The summed E-state index contributed by atoms with van der Waals surface area (Å²) < 4.78 is 28.8. The molecule has 1 heterocycles. The maximum Gasteiger partial charge on any atom is 0.243 e. The number of hydrogen-bond donors (Lipinski definition) is 2. The summed E-state index contributed by atoms with van der Waals surface area (Å²) in [4.78, 5) is 0.263. The van der Waals surface area contributed by atoms with Gasteiger partial charge in [0, 0.05) is 24.8 Å². The minimum atomic E-state index is -3.42. The van der Waals surface area contributed by atoms with Crippen LogP contribution in [0.3, 0.4) is 0 Å². The standard InChI is InChI=1S/C14H26N4O2S/c1-11(2)15-5-4-6-18-10-14(9-16-18)21(19,20)17-13-7-12(3)8-13/h9-13,15,17H,4-8H2,1-3H3. The van der Waals surface area contributed by atoms with Crippen molar-refractivity contribution in [2.45, 2.75) is 63.6 Å². The largest absolute Gasteiger partial charge is 0.314 e. The molecular formula is C14H26N4O2S. The molecule has 0 atom stereocenters. The van der Waals surface area contributed by atoms with E-state index in [1.54, 1.807) is 10.9 Å². The van der Waals surface area contributed by atoms with Gasteiger partial charge < -0.3 is 5.32 Å². The molecule has 7 heteroatoms. The monoisotopic (exact) mass is 314 g/mol. The van der Waals surface area contributed by atoms with Crippen LogP contribution in [0.2, 0.25) is 0 Å². The molecule has 1 aromatic heterocycles. The van der Waals surface area contributed by atoms with Crippen molar-refractivity contribution < 1.29 is 8.42 Å². The molecule has 0 radical (unpaired) electrons. The Hall–Kier alpha value is -0.920. The number of hydrogen-bond acceptors (Lipinski definition) is 4. The molecule has 0 unspecified atom stereocenters. The summed E-state index contributed by atoms with van der Waals surface area (Å²) in [6.45, 7) is 7.96. The first kappa shape index (κ1) is 16.5. The molecule has 1 aliphatic carbocycles. The second-order valence-corrected chi connectivity index (χ2v) is 8.01. The zero-order valence-electron chi connectivity index (χ0n) is 13.0. The number of nitrogens with zero attached hydrogens (tertiary/aromatic N) is 2. The van der Waals surface area contributed by atoms with E-state index in [2.05, 4.69) is 35.9 Å². The third-order valence-electron chi connectivity index (χ3n) is 3.73. The number of aryl methyl sites for hydroxylation is 1. The zero-order chi connectivity index (χ0) is 15.5. The molecule has 1 fully saturated rings. The van der Waals surface area contributed by atoms with Gasteiger partial charge in [-0.05, 0) is 31.7 Å². The fraction of sp³-hybridized carbons (Fsp3) is 0.786. The zero-order valence-corrected chi connectivity index (χ0v) is 13.9. The maximum absolute atomic E-state index is 12.2. The molecule has 0 amide bonds. The highest BCUT2D eigenvalue weighted by molar-refractivity contribution is 7.89. The van der Waals surface area contributed by atoms with Crippen molar-refractivity contribution in [1.82, 2.24) is 19.8 Å². The molecule has 21 heavy (non-hydrogen) atoms. The van der Waals surface area contributed by atoms with E-state index >= 15 is 0 Å². The summed E-state index contributed by atoms with van der Waals surface area (Å²) in [7, 11) is -3.42. The Morgan fingerprint density at radius 2 is 2.14 bits per heavy atom. The van der Waals surface area contributed by atoms with Gasteiger partial charge >= 0.3 is 0 Å². The Morgan fingerprint density at radius 1 is 1.43 bits per heavy atom. The van der Waals surface area contributed by atoms with Gasteiger partial charge in [-0.25, -0.2) is 13.1 Å². The van der Waals surface area contributed by atoms with Gasteiger partial charge in [-0.2, -0.15) is 5.10 Å². The van der Waals surface area contributed by atoms with Crippen molar-refractivity contribution in [3.8, 4) is 0 Å². The number of aromatic nitrogens is 2. The van der Waals surface area contributed by atoms with E-state index in [4.69, 9.17) is 0 Å². The van der Waals surface area contributed by atoms with Crippen molar-refractivity contribution in [1.29, 1.82) is 0 Å². The number of sulfonamides is 1. The van der Waals surface area contributed by atoms with Crippen LogP contribution in [0, 0.1) is 5.92 Å². The van der Waals surface area contributed by atoms with Crippen LogP contribution in [0.25, 0.3) is 0 Å². The summed E-state index contributed by atoms with van der Waals surface area (Å²) >= 11 is 0. The van der Waals surface area contributed by atoms with Crippen LogP contribution in [0.1, 0.15) is 40.0 Å². The molecule has 0 aromatic carbocycles. The molecule has 1 aliphatic rings. The fourth-order valence-corrected chi connectivity index (χ4v) is 3.74. The molecule has 6 nitrogen and oxygen atoms in total. The highest BCUT2D eigenvalue weighted by Crippen LogP contribution is 2.27. The van der Waals surface area contributed by atoms with Gasteiger partial charge in [-0.15, -0.1) is 0 Å². The van der Waals surface area contributed by atoms with Gasteiger partial charge in [0.2, 0.25) is 10.0 Å². The molecule has 1 saturated carbocycles. The Labute approximate surface area is 127 Å². The lowest BCUT2D eigenvalue weighted by Gasteiger charge is -2.32. The maximum atomic E-state index is 12.2. The second-order valence-electron chi connectivity index (χ2n) is 6.30. The first-order chi connectivity index (χ1) is 9.87. The smallest absolute Gasteiger partial charge is 0.243 e. The van der Waals surface area contributed by atoms with Crippen LogP contribution in [0.5, 0.6) is 0 Å². The first-order valence-electron chi connectivity index (χ1n) is 7.65. The van der Waals surface area contributed by atoms with Gasteiger partial charge in [-0.1, -0.05) is 20.8 Å². The summed E-state index contributed by atoms with van der Waals surface area (Å²) in [5.74, 6) is 0.619. The summed E-state index contributed by atoms with van der Waals surface area (Å²) in [6.07, 6.45) is 5.81. The quantitative estimate of drug-likeness (QED) is 0.710. The minimum Gasteiger partial charge on any atom is -0.314 e. The Bertz CT molecular complexity index is 547. The van der Waals surface area contributed by atoms with E-state index in [9.17, 15) is 8.42 Å². The van der Waals surface area contributed by atoms with E-state index < -0.39 is 10.0 Å². The van der Waals surface area contributed by atoms with Crippen LogP contribution in [-0.4, -0.2) is 36.8 Å². The molecule has 0 bridgehead atoms. The Balaban J connectivity index is 1.83. The predicted octanol–water partition coefficient (Wildman–Crippen LogP) is 1.35. The molecular weight excluding hydrogens is 288 g/mol. The fourth-order valence-electron chi connectivity index (χ4n) is 2.52. The van der Waals surface area contributed by atoms with Gasteiger partial charge in [-0.3, -0.25) is 4.68 Å². The van der Waals surface area contributed by atoms with Gasteiger partial charge in [0.1, 0.15) is 4.90 Å². The Kier molecular flexibility index (Phi) is 5.40.